The Morgan fingerprint density at radius 2 is 1.77 bits per heavy atom. The number of carbonyl (C=O) groups is 2. The van der Waals surface area contributed by atoms with Crippen molar-refractivity contribution < 1.29 is 19.4 Å². The molecule has 2 aromatic rings. The molecule has 0 saturated heterocycles. The van der Waals surface area contributed by atoms with Crippen LogP contribution in [0.1, 0.15) is 67.6 Å². The molecule has 0 aromatic heterocycles. The SMILES string of the molecule is CC(C)CN(CC(=O)O)C(=O)c1ccc2c(c1)C[C@@](C)(Cc1ccc(C(C)C)cc1)O2. The van der Waals surface area contributed by atoms with Crippen molar-refractivity contribution >= 4 is 11.9 Å². The first-order chi connectivity index (χ1) is 14.6. The summed E-state index contributed by atoms with van der Waals surface area (Å²) in [5.74, 6) is 0.230. The normalized spacial score (nSPS) is 17.5. The number of carboxylic acids is 1. The van der Waals surface area contributed by atoms with Gasteiger partial charge in [0, 0.05) is 24.9 Å². The highest BCUT2D eigenvalue weighted by Crippen LogP contribution is 2.37. The summed E-state index contributed by atoms with van der Waals surface area (Å²) in [4.78, 5) is 25.6. The zero-order valence-corrected chi connectivity index (χ0v) is 19.1. The summed E-state index contributed by atoms with van der Waals surface area (Å²) in [7, 11) is 0. The number of carbonyl (C=O) groups excluding carboxylic acids is 1. The van der Waals surface area contributed by atoms with E-state index < -0.39 is 5.97 Å². The van der Waals surface area contributed by atoms with E-state index in [0.29, 0.717) is 24.4 Å². The average Bonchev–Trinajstić information content (AvgIpc) is 3.01. The molecule has 1 amide bonds. The third-order valence-electron chi connectivity index (χ3n) is 5.65. The second-order valence-electron chi connectivity index (χ2n) is 9.60. The van der Waals surface area contributed by atoms with Gasteiger partial charge in [0.25, 0.3) is 5.91 Å². The van der Waals surface area contributed by atoms with Crippen molar-refractivity contribution in [3.05, 3.63) is 64.7 Å². The third kappa shape index (κ3) is 5.66. The molecule has 1 aliphatic heterocycles. The van der Waals surface area contributed by atoms with Gasteiger partial charge in [-0.25, -0.2) is 0 Å². The van der Waals surface area contributed by atoms with E-state index in [1.807, 2.05) is 26.0 Å². The van der Waals surface area contributed by atoms with Crippen LogP contribution in [0.25, 0.3) is 0 Å². The molecule has 0 radical (unpaired) electrons. The van der Waals surface area contributed by atoms with E-state index in [0.717, 1.165) is 17.7 Å². The maximum absolute atomic E-state index is 13.0. The summed E-state index contributed by atoms with van der Waals surface area (Å²) in [6, 6.07) is 14.1. The van der Waals surface area contributed by atoms with Crippen LogP contribution < -0.4 is 4.74 Å². The number of carboxylic acid groups (broad SMARTS) is 1. The molecular weight excluding hydrogens is 390 g/mol. The number of nitrogens with zero attached hydrogens (tertiary/aromatic N) is 1. The minimum Gasteiger partial charge on any atom is -0.487 e. The number of rotatable bonds is 8. The molecule has 1 heterocycles. The Balaban J connectivity index is 1.75. The van der Waals surface area contributed by atoms with Crippen LogP contribution in [-0.2, 0) is 17.6 Å². The summed E-state index contributed by atoms with van der Waals surface area (Å²) < 4.78 is 6.28. The van der Waals surface area contributed by atoms with Gasteiger partial charge in [-0.15, -0.1) is 0 Å². The molecule has 31 heavy (non-hydrogen) atoms. The van der Waals surface area contributed by atoms with Gasteiger partial charge in [0.05, 0.1) is 0 Å². The molecule has 0 fully saturated rings. The van der Waals surface area contributed by atoms with Gasteiger partial charge in [-0.3, -0.25) is 9.59 Å². The number of hydrogen-bond donors (Lipinski definition) is 1. The Kier molecular flexibility index (Phi) is 6.73. The van der Waals surface area contributed by atoms with Gasteiger partial charge in [0.15, 0.2) is 0 Å². The van der Waals surface area contributed by atoms with Crippen LogP contribution in [0.5, 0.6) is 5.75 Å². The van der Waals surface area contributed by atoms with Crippen molar-refractivity contribution in [3.8, 4) is 5.75 Å². The molecule has 5 nitrogen and oxygen atoms in total. The first-order valence-electron chi connectivity index (χ1n) is 11.0. The number of hydrogen-bond acceptors (Lipinski definition) is 3. The van der Waals surface area contributed by atoms with Crippen molar-refractivity contribution in [2.75, 3.05) is 13.1 Å². The summed E-state index contributed by atoms with van der Waals surface area (Å²) in [5, 5.41) is 9.19. The molecule has 1 aliphatic rings. The van der Waals surface area contributed by atoms with Crippen LogP contribution in [0, 0.1) is 5.92 Å². The second kappa shape index (κ2) is 9.13. The number of aliphatic carboxylic acids is 1. The van der Waals surface area contributed by atoms with Crippen LogP contribution in [0.15, 0.2) is 42.5 Å². The third-order valence-corrected chi connectivity index (χ3v) is 5.65. The zero-order valence-electron chi connectivity index (χ0n) is 19.1. The highest BCUT2D eigenvalue weighted by atomic mass is 16.5. The maximum atomic E-state index is 13.0. The van der Waals surface area contributed by atoms with E-state index in [4.69, 9.17) is 4.74 Å². The molecule has 166 valence electrons. The summed E-state index contributed by atoms with van der Waals surface area (Å²) in [6.07, 6.45) is 1.49. The van der Waals surface area contributed by atoms with Gasteiger partial charge in [-0.05, 0) is 53.6 Å². The van der Waals surface area contributed by atoms with E-state index in [1.54, 1.807) is 6.07 Å². The Morgan fingerprint density at radius 1 is 1.10 bits per heavy atom. The van der Waals surface area contributed by atoms with Crippen molar-refractivity contribution in [1.29, 1.82) is 0 Å². The van der Waals surface area contributed by atoms with Crippen LogP contribution in [0.2, 0.25) is 0 Å². The Hall–Kier alpha value is -2.82. The quantitative estimate of drug-likeness (QED) is 0.654. The highest BCUT2D eigenvalue weighted by molar-refractivity contribution is 5.96. The topological polar surface area (TPSA) is 66.8 Å². The molecule has 1 N–H and O–H groups in total. The predicted molar refractivity (Wildman–Crippen MR) is 122 cm³/mol. The lowest BCUT2D eigenvalue weighted by molar-refractivity contribution is -0.137. The van der Waals surface area contributed by atoms with E-state index in [9.17, 15) is 14.7 Å². The zero-order chi connectivity index (χ0) is 22.8. The standard InChI is InChI=1S/C26H33NO4/c1-17(2)15-27(16-24(28)29)25(30)21-10-11-23-22(12-21)14-26(5,31-23)13-19-6-8-20(9-7-19)18(3)4/h6-12,17-18H,13-16H2,1-5H3,(H,28,29)/t26-/m1/s1. The molecule has 2 aromatic carbocycles. The van der Waals surface area contributed by atoms with Gasteiger partial charge in [0.2, 0.25) is 0 Å². The van der Waals surface area contributed by atoms with Crippen LogP contribution in [-0.4, -0.2) is 40.6 Å². The maximum Gasteiger partial charge on any atom is 0.323 e. The largest absolute Gasteiger partial charge is 0.487 e. The van der Waals surface area contributed by atoms with E-state index in [-0.39, 0.29) is 24.0 Å². The molecular formula is C26H33NO4. The van der Waals surface area contributed by atoms with E-state index in [1.165, 1.54) is 16.0 Å². The molecule has 0 saturated carbocycles. The van der Waals surface area contributed by atoms with Crippen LogP contribution in [0.3, 0.4) is 0 Å². The minimum absolute atomic E-state index is 0.187. The molecule has 0 bridgehead atoms. The first kappa shape index (κ1) is 22.9. The smallest absolute Gasteiger partial charge is 0.323 e. The van der Waals surface area contributed by atoms with Crippen LogP contribution >= 0.6 is 0 Å². The lowest BCUT2D eigenvalue weighted by atomic mass is 9.90. The van der Waals surface area contributed by atoms with E-state index >= 15 is 0 Å². The van der Waals surface area contributed by atoms with Gasteiger partial charge >= 0.3 is 5.97 Å². The van der Waals surface area contributed by atoms with Gasteiger partial charge < -0.3 is 14.7 Å². The summed E-state index contributed by atoms with van der Waals surface area (Å²) >= 11 is 0. The monoisotopic (exact) mass is 423 g/mol. The Bertz CT molecular complexity index is 948. The first-order valence-corrected chi connectivity index (χ1v) is 11.0. The van der Waals surface area contributed by atoms with Crippen molar-refractivity contribution in [1.82, 2.24) is 4.90 Å². The summed E-state index contributed by atoms with van der Waals surface area (Å²) in [5.41, 5.74) is 3.67. The number of ether oxygens (including phenoxy) is 1. The van der Waals surface area contributed by atoms with Crippen molar-refractivity contribution in [2.45, 2.75) is 59.0 Å². The van der Waals surface area contributed by atoms with Gasteiger partial charge in [-0.2, -0.15) is 0 Å². The fraction of sp³-hybridized carbons (Fsp3) is 0.462. The fourth-order valence-electron chi connectivity index (χ4n) is 4.21. The molecule has 1 atom stereocenters. The molecule has 0 unspecified atom stereocenters. The number of fused-ring (bicyclic) bond motifs is 1. The van der Waals surface area contributed by atoms with Crippen molar-refractivity contribution in [3.63, 3.8) is 0 Å². The van der Waals surface area contributed by atoms with Crippen molar-refractivity contribution in [2.24, 2.45) is 5.92 Å². The Morgan fingerprint density at radius 3 is 2.35 bits per heavy atom. The number of amides is 1. The summed E-state index contributed by atoms with van der Waals surface area (Å²) in [6.45, 7) is 10.5. The lowest BCUT2D eigenvalue weighted by Crippen LogP contribution is -2.38. The van der Waals surface area contributed by atoms with Crippen LogP contribution in [0.4, 0.5) is 0 Å². The Labute approximate surface area is 185 Å². The molecule has 0 spiro atoms. The molecule has 5 heteroatoms. The van der Waals surface area contributed by atoms with Gasteiger partial charge in [-0.1, -0.05) is 52.0 Å². The molecule has 0 aliphatic carbocycles. The second-order valence-corrected chi connectivity index (χ2v) is 9.60. The fourth-order valence-corrected chi connectivity index (χ4v) is 4.21. The predicted octanol–water partition coefficient (Wildman–Crippen LogP) is 4.93. The van der Waals surface area contributed by atoms with E-state index in [2.05, 4.69) is 45.0 Å². The lowest BCUT2D eigenvalue weighted by Gasteiger charge is -2.24. The average molecular weight is 424 g/mol. The highest BCUT2D eigenvalue weighted by Gasteiger charge is 2.35. The van der Waals surface area contributed by atoms with Gasteiger partial charge in [0.1, 0.15) is 17.9 Å². The number of benzene rings is 2. The minimum atomic E-state index is -1.01. The molecule has 3 rings (SSSR count).